The Morgan fingerprint density at radius 2 is 1.85 bits per heavy atom. The Balaban J connectivity index is 4.55. The monoisotopic (exact) mass is 308 g/mol. The van der Waals surface area contributed by atoms with Gasteiger partial charge in [0.05, 0.1) is 12.4 Å². The second-order valence-electron chi connectivity index (χ2n) is 5.56. The number of amides is 1. The van der Waals surface area contributed by atoms with E-state index in [1.54, 1.807) is 27.7 Å². The average Bonchev–Trinajstić information content (AvgIpc) is 2.21. The lowest BCUT2D eigenvalue weighted by Crippen LogP contribution is -2.44. The zero-order valence-electron chi connectivity index (χ0n) is 12.4. The fraction of sp³-hybridized carbons (Fsp3) is 0.833. The van der Waals surface area contributed by atoms with Crippen molar-refractivity contribution in [3.63, 3.8) is 0 Å². The van der Waals surface area contributed by atoms with Gasteiger partial charge in [0.15, 0.2) is 0 Å². The second-order valence-corrected chi connectivity index (χ2v) is 7.30. The Morgan fingerprint density at radius 3 is 2.25 bits per heavy atom. The van der Waals surface area contributed by atoms with E-state index in [-0.39, 0.29) is 25.3 Å². The largest absolute Gasteiger partial charge is 0.465 e. The van der Waals surface area contributed by atoms with Crippen molar-refractivity contribution in [3.8, 4) is 0 Å². The van der Waals surface area contributed by atoms with Crippen LogP contribution in [0, 0.1) is 11.3 Å². The van der Waals surface area contributed by atoms with E-state index in [1.807, 2.05) is 0 Å². The Hall–Kier alpha value is -1.15. The molecule has 0 aromatic carbocycles. The molecule has 0 fully saturated rings. The molecule has 0 aromatic heterocycles. The summed E-state index contributed by atoms with van der Waals surface area (Å²) in [6.45, 7) is 7.29. The maximum absolute atomic E-state index is 12.0. The highest BCUT2D eigenvalue weighted by molar-refractivity contribution is 7.89. The first-order chi connectivity index (χ1) is 8.99. The fourth-order valence-electron chi connectivity index (χ4n) is 1.67. The number of ether oxygens (including phenoxy) is 1. The first-order valence-electron chi connectivity index (χ1n) is 6.44. The normalized spacial score (nSPS) is 13.7. The number of rotatable bonds is 7. The predicted octanol–water partition coefficient (Wildman–Crippen LogP) is 0.00660. The molecule has 0 heterocycles. The van der Waals surface area contributed by atoms with Crippen molar-refractivity contribution in [2.45, 2.75) is 34.1 Å². The molecular formula is C12H24N2O5S. The first kappa shape index (κ1) is 18.9. The number of hydrogen-bond donors (Lipinski definition) is 2. The molecule has 0 saturated heterocycles. The first-order valence-corrected chi connectivity index (χ1v) is 8.15. The maximum atomic E-state index is 12.0. The molecule has 118 valence electrons. The van der Waals surface area contributed by atoms with Crippen LogP contribution in [0.4, 0.5) is 0 Å². The number of nitrogens with two attached hydrogens (primary N) is 1. The lowest BCUT2D eigenvalue weighted by atomic mass is 9.80. The van der Waals surface area contributed by atoms with E-state index in [9.17, 15) is 18.0 Å². The Morgan fingerprint density at radius 1 is 1.30 bits per heavy atom. The van der Waals surface area contributed by atoms with E-state index in [1.165, 1.54) is 0 Å². The molecule has 0 aliphatic heterocycles. The van der Waals surface area contributed by atoms with Gasteiger partial charge in [-0.15, -0.1) is 0 Å². The van der Waals surface area contributed by atoms with Crippen LogP contribution in [0.25, 0.3) is 0 Å². The van der Waals surface area contributed by atoms with Crippen LogP contribution in [-0.4, -0.2) is 39.2 Å². The molecule has 1 atom stereocenters. The minimum Gasteiger partial charge on any atom is -0.465 e. The zero-order chi connectivity index (χ0) is 16.0. The van der Waals surface area contributed by atoms with E-state index in [0.717, 1.165) is 0 Å². The van der Waals surface area contributed by atoms with Crippen molar-refractivity contribution >= 4 is 21.9 Å². The van der Waals surface area contributed by atoms with Crippen LogP contribution >= 0.6 is 0 Å². The van der Waals surface area contributed by atoms with Gasteiger partial charge in [-0.25, -0.2) is 13.6 Å². The van der Waals surface area contributed by atoms with Gasteiger partial charge in [-0.2, -0.15) is 0 Å². The van der Waals surface area contributed by atoms with Gasteiger partial charge in [-0.05, 0) is 18.8 Å². The van der Waals surface area contributed by atoms with Crippen molar-refractivity contribution in [1.29, 1.82) is 0 Å². The minimum absolute atomic E-state index is 0.140. The summed E-state index contributed by atoms with van der Waals surface area (Å²) in [5.41, 5.74) is -0.587. The summed E-state index contributed by atoms with van der Waals surface area (Å²) in [6, 6.07) is 0. The number of carbonyl (C=O) groups excluding carboxylic acids is 2. The molecule has 3 N–H and O–H groups in total. The molecule has 0 saturated carbocycles. The fourth-order valence-corrected chi connectivity index (χ4v) is 2.21. The third-order valence-electron chi connectivity index (χ3n) is 2.56. The van der Waals surface area contributed by atoms with Crippen molar-refractivity contribution < 1.29 is 22.7 Å². The number of primary sulfonamides is 1. The van der Waals surface area contributed by atoms with E-state index < -0.39 is 33.2 Å². The zero-order valence-corrected chi connectivity index (χ0v) is 13.2. The van der Waals surface area contributed by atoms with Gasteiger partial charge in [-0.3, -0.25) is 9.59 Å². The summed E-state index contributed by atoms with van der Waals surface area (Å²) < 4.78 is 26.4. The van der Waals surface area contributed by atoms with Crippen LogP contribution in [0.1, 0.15) is 34.1 Å². The predicted molar refractivity (Wildman–Crippen MR) is 75.2 cm³/mol. The number of carbonyl (C=O) groups is 2. The third-order valence-corrected chi connectivity index (χ3v) is 3.41. The SMILES string of the molecule is CCOC(=O)C(C(=O)NCCCS(N)(=O)=O)C(C)(C)C. The van der Waals surface area contributed by atoms with Crippen LogP contribution in [0.5, 0.6) is 0 Å². The van der Waals surface area contributed by atoms with E-state index >= 15 is 0 Å². The van der Waals surface area contributed by atoms with Crippen LogP contribution < -0.4 is 10.5 Å². The lowest BCUT2D eigenvalue weighted by molar-refractivity contribution is -0.156. The van der Waals surface area contributed by atoms with E-state index in [0.29, 0.717) is 0 Å². The lowest BCUT2D eigenvalue weighted by Gasteiger charge is -2.27. The summed E-state index contributed by atoms with van der Waals surface area (Å²) in [5, 5.41) is 7.40. The number of esters is 1. The number of sulfonamides is 1. The van der Waals surface area contributed by atoms with Crippen molar-refractivity contribution in [2.75, 3.05) is 18.9 Å². The maximum Gasteiger partial charge on any atom is 0.319 e. The molecule has 7 nitrogen and oxygen atoms in total. The van der Waals surface area contributed by atoms with Crippen molar-refractivity contribution in [1.82, 2.24) is 5.32 Å². The van der Waals surface area contributed by atoms with Gasteiger partial charge >= 0.3 is 5.97 Å². The molecule has 0 aliphatic carbocycles. The van der Waals surface area contributed by atoms with Gasteiger partial charge in [0.25, 0.3) is 0 Å². The molecule has 0 aromatic rings. The quantitative estimate of drug-likeness (QED) is 0.390. The molecule has 0 rings (SSSR count). The molecule has 0 aliphatic rings. The van der Waals surface area contributed by atoms with Crippen molar-refractivity contribution in [2.24, 2.45) is 16.5 Å². The summed E-state index contributed by atoms with van der Waals surface area (Å²) in [6.07, 6.45) is 0.199. The van der Waals surface area contributed by atoms with E-state index in [2.05, 4.69) is 5.32 Å². The molecule has 0 bridgehead atoms. The smallest absolute Gasteiger partial charge is 0.319 e. The number of nitrogens with one attached hydrogen (secondary N) is 1. The van der Waals surface area contributed by atoms with Gasteiger partial charge in [-0.1, -0.05) is 20.8 Å². The standard InChI is InChI=1S/C12H24N2O5S/c1-5-19-11(16)9(12(2,3)4)10(15)14-7-6-8-20(13,17)18/h9H,5-8H2,1-4H3,(H,14,15)(H2,13,17,18). The topological polar surface area (TPSA) is 116 Å². The Kier molecular flexibility index (Phi) is 7.15. The highest BCUT2D eigenvalue weighted by atomic mass is 32.2. The van der Waals surface area contributed by atoms with Gasteiger partial charge in [0.2, 0.25) is 15.9 Å². The van der Waals surface area contributed by atoms with Crippen molar-refractivity contribution in [3.05, 3.63) is 0 Å². The molecule has 1 unspecified atom stereocenters. The summed E-state index contributed by atoms with van der Waals surface area (Å²) in [4.78, 5) is 23.9. The molecule has 8 heteroatoms. The molecule has 0 spiro atoms. The van der Waals surface area contributed by atoms with Gasteiger partial charge in [0.1, 0.15) is 5.92 Å². The minimum atomic E-state index is -3.54. The second kappa shape index (κ2) is 7.58. The Bertz CT molecular complexity index is 439. The molecule has 1 amide bonds. The summed E-state index contributed by atoms with van der Waals surface area (Å²) >= 11 is 0. The molecule has 20 heavy (non-hydrogen) atoms. The average molecular weight is 308 g/mol. The van der Waals surface area contributed by atoms with Gasteiger partial charge < -0.3 is 10.1 Å². The molecular weight excluding hydrogens is 284 g/mol. The van der Waals surface area contributed by atoms with E-state index in [4.69, 9.17) is 9.88 Å². The Labute approximate surface area is 120 Å². The highest BCUT2D eigenvalue weighted by Gasteiger charge is 2.38. The van der Waals surface area contributed by atoms with Crippen LogP contribution in [-0.2, 0) is 24.3 Å². The summed E-state index contributed by atoms with van der Waals surface area (Å²) in [7, 11) is -3.54. The van der Waals surface area contributed by atoms with Crippen LogP contribution in [0.3, 0.4) is 0 Å². The van der Waals surface area contributed by atoms with Crippen LogP contribution in [0.2, 0.25) is 0 Å². The number of hydrogen-bond acceptors (Lipinski definition) is 5. The summed E-state index contributed by atoms with van der Waals surface area (Å²) in [5.74, 6) is -2.20. The van der Waals surface area contributed by atoms with Gasteiger partial charge in [0, 0.05) is 6.54 Å². The highest BCUT2D eigenvalue weighted by Crippen LogP contribution is 2.27. The van der Waals surface area contributed by atoms with Crippen LogP contribution in [0.15, 0.2) is 0 Å². The molecule has 0 radical (unpaired) electrons. The third kappa shape index (κ3) is 7.44.